The molecule has 0 aliphatic carbocycles. The Morgan fingerprint density at radius 1 is 0.417 bits per heavy atom. The molecule has 446 valence electrons. The lowest BCUT2D eigenvalue weighted by Gasteiger charge is -2.37. The molecule has 9 heteroatoms. The number of fused-ring (bicyclic) bond motifs is 5. The van der Waals surface area contributed by atoms with Gasteiger partial charge in [-0.05, 0) is 131 Å². The van der Waals surface area contributed by atoms with E-state index in [0.717, 1.165) is 88.5 Å². The molecule has 2 heterocycles. The number of benzene rings is 7. The molecule has 0 saturated carbocycles. The number of carbonyl (C=O) groups is 1. The normalized spacial score (nSPS) is 15.0. The van der Waals surface area contributed by atoms with Crippen molar-refractivity contribution in [1.82, 2.24) is 0 Å². The minimum Gasteiger partial charge on any atom is -0.422 e. The van der Waals surface area contributed by atoms with E-state index in [1.807, 2.05) is 48.5 Å². The maximum Gasteiger partial charge on any atom is 0.453 e. The van der Waals surface area contributed by atoms with E-state index < -0.39 is 27.6 Å². The van der Waals surface area contributed by atoms with Crippen LogP contribution in [0.15, 0.2) is 118 Å². The van der Waals surface area contributed by atoms with Crippen LogP contribution in [-0.4, -0.2) is 5.91 Å². The highest BCUT2D eigenvalue weighted by atomic mass is 31.2. The Morgan fingerprint density at radius 2 is 0.798 bits per heavy atom. The maximum absolute atomic E-state index is 15.6. The molecule has 9 rings (SSSR count). The second-order valence-corrected chi connectivity index (χ2v) is 34.1. The zero-order valence-electron chi connectivity index (χ0n) is 55.4. The van der Waals surface area contributed by atoms with Crippen molar-refractivity contribution in [2.75, 3.05) is 4.67 Å². The Labute approximate surface area is 505 Å². The zero-order valence-corrected chi connectivity index (χ0v) is 57.2. The van der Waals surface area contributed by atoms with Gasteiger partial charge in [-0.15, -0.1) is 0 Å². The molecule has 0 fully saturated rings. The SMILES string of the molecule is CCc1ccccc1N1C(=O)c2cc3ccccc3cc2OP1Oc1c(-c2cc(C(C)(C)C)cc(C(C)(C)C)c2Op2oc3c(C(C)(C)C)cc(C(C)(C)C)cc3c3cc(C(C)(C)C)cc(C(C)(C)C)c3o2)cc(C(C)(C)C)cc1C(C)(C)C. The fourth-order valence-corrected chi connectivity index (χ4v) is 13.7. The molecular weight excluding hydrogens is 1070 g/mol. The third kappa shape index (κ3) is 12.4. The highest BCUT2D eigenvalue weighted by Gasteiger charge is 2.43. The Kier molecular flexibility index (Phi) is 16.0. The summed E-state index contributed by atoms with van der Waals surface area (Å²) < 4.78 is 39.9. The third-order valence-corrected chi connectivity index (χ3v) is 18.9. The number of anilines is 1. The Morgan fingerprint density at radius 3 is 1.21 bits per heavy atom. The largest absolute Gasteiger partial charge is 0.453 e. The number of carbonyl (C=O) groups excluding carboxylic acids is 1. The summed E-state index contributed by atoms with van der Waals surface area (Å²) in [5.74, 6) is 1.59. The molecule has 1 aliphatic rings. The van der Waals surface area contributed by atoms with Gasteiger partial charge >= 0.3 is 16.8 Å². The van der Waals surface area contributed by atoms with E-state index >= 15 is 4.79 Å². The van der Waals surface area contributed by atoms with E-state index in [4.69, 9.17) is 22.0 Å². The lowest BCUT2D eigenvalue weighted by molar-refractivity contribution is 0.0995. The van der Waals surface area contributed by atoms with E-state index in [1.165, 1.54) is 11.1 Å². The summed E-state index contributed by atoms with van der Waals surface area (Å²) in [5, 5.41) is 3.95. The topological polar surface area (TPSA) is 74.3 Å². The highest BCUT2D eigenvalue weighted by molar-refractivity contribution is 7.51. The quantitative estimate of drug-likeness (QED) is 0.148. The van der Waals surface area contributed by atoms with Crippen LogP contribution in [0, 0.1) is 0 Å². The minimum absolute atomic E-state index is 0.165. The number of nitrogens with zero attached hydrogens (tertiary/aromatic N) is 1. The fourth-order valence-electron chi connectivity index (χ4n) is 11.1. The monoisotopic (exact) mass is 1170 g/mol. The molecule has 1 aliphatic heterocycles. The summed E-state index contributed by atoms with van der Waals surface area (Å²) in [7, 11) is -4.45. The second-order valence-electron chi connectivity index (χ2n) is 31.8. The predicted molar refractivity (Wildman–Crippen MR) is 359 cm³/mol. The van der Waals surface area contributed by atoms with Gasteiger partial charge in [0.2, 0.25) is 0 Å². The summed E-state index contributed by atoms with van der Waals surface area (Å²) in [6, 6.07) is 38.8. The van der Waals surface area contributed by atoms with Gasteiger partial charge in [-0.2, -0.15) is 0 Å². The van der Waals surface area contributed by atoms with Gasteiger partial charge in [0, 0.05) is 44.2 Å². The van der Waals surface area contributed by atoms with Gasteiger partial charge in [-0.1, -0.05) is 240 Å². The van der Waals surface area contributed by atoms with Crippen molar-refractivity contribution in [3.05, 3.63) is 165 Å². The maximum atomic E-state index is 15.6. The van der Waals surface area contributed by atoms with Crippen molar-refractivity contribution in [2.24, 2.45) is 0 Å². The van der Waals surface area contributed by atoms with Crippen molar-refractivity contribution in [1.29, 1.82) is 0 Å². The van der Waals surface area contributed by atoms with E-state index in [0.29, 0.717) is 29.2 Å². The molecule has 84 heavy (non-hydrogen) atoms. The van der Waals surface area contributed by atoms with Gasteiger partial charge in [0.25, 0.3) is 5.91 Å². The summed E-state index contributed by atoms with van der Waals surface area (Å²) in [6.07, 6.45) is 0.703. The van der Waals surface area contributed by atoms with Gasteiger partial charge in [-0.25, -0.2) is 4.67 Å². The van der Waals surface area contributed by atoms with E-state index in [9.17, 15) is 0 Å². The minimum atomic E-state index is -2.25. The predicted octanol–water partition coefficient (Wildman–Crippen LogP) is 23.2. The fraction of sp³-hybridized carbons (Fsp3) is 0.453. The van der Waals surface area contributed by atoms with Crippen LogP contribution in [0.5, 0.6) is 17.2 Å². The first-order valence-corrected chi connectivity index (χ1v) is 32.5. The summed E-state index contributed by atoms with van der Waals surface area (Å²) >= 11 is 0. The van der Waals surface area contributed by atoms with Crippen LogP contribution in [-0.2, 0) is 49.7 Å². The summed E-state index contributed by atoms with van der Waals surface area (Å²) in [4.78, 5) is 15.6. The van der Waals surface area contributed by atoms with Crippen molar-refractivity contribution in [3.63, 3.8) is 0 Å². The number of para-hydroxylation sites is 1. The van der Waals surface area contributed by atoms with Gasteiger partial charge < -0.3 is 22.0 Å². The van der Waals surface area contributed by atoms with E-state index in [1.54, 1.807) is 4.67 Å². The molecule has 8 aromatic rings. The van der Waals surface area contributed by atoms with Crippen LogP contribution in [0.4, 0.5) is 5.69 Å². The van der Waals surface area contributed by atoms with Crippen LogP contribution in [0.1, 0.15) is 234 Å². The van der Waals surface area contributed by atoms with Crippen LogP contribution >= 0.6 is 16.8 Å². The molecule has 0 saturated heterocycles. The average molecular weight is 1170 g/mol. The lowest BCUT2D eigenvalue weighted by Crippen LogP contribution is -2.34. The van der Waals surface area contributed by atoms with Gasteiger partial charge in [0.1, 0.15) is 28.4 Å². The van der Waals surface area contributed by atoms with Crippen molar-refractivity contribution in [3.8, 4) is 28.4 Å². The Hall–Kier alpha value is -6.00. The zero-order chi connectivity index (χ0) is 62.0. The summed E-state index contributed by atoms with van der Waals surface area (Å²) in [6.45, 7) is 56.6. The number of aryl methyl sites for hydroxylation is 1. The van der Waals surface area contributed by atoms with Gasteiger partial charge in [-0.3, -0.25) is 4.79 Å². The molecule has 1 atom stereocenters. The molecule has 0 bridgehead atoms. The summed E-state index contributed by atoms with van der Waals surface area (Å²) in [5.41, 5.74) is 11.8. The molecule has 7 nitrogen and oxygen atoms in total. The molecule has 1 aromatic heterocycles. The van der Waals surface area contributed by atoms with Crippen molar-refractivity contribution >= 4 is 61.1 Å². The number of rotatable bonds is 7. The van der Waals surface area contributed by atoms with Crippen LogP contribution in [0.3, 0.4) is 0 Å². The number of hydrogen-bond acceptors (Lipinski definition) is 6. The lowest BCUT2D eigenvalue weighted by atomic mass is 9.75. The highest BCUT2D eigenvalue weighted by Crippen LogP contribution is 2.59. The molecular formula is C75H95NO6P2. The molecule has 1 amide bonds. The number of amides is 1. The first-order valence-electron chi connectivity index (χ1n) is 30.3. The van der Waals surface area contributed by atoms with Gasteiger partial charge in [0.05, 0.1) is 11.3 Å². The smallest absolute Gasteiger partial charge is 0.422 e. The first-order chi connectivity index (χ1) is 38.5. The molecule has 1 unspecified atom stereocenters. The Bertz CT molecular complexity index is 3820. The van der Waals surface area contributed by atoms with Crippen LogP contribution < -0.4 is 18.2 Å². The van der Waals surface area contributed by atoms with E-state index in [2.05, 4.69) is 234 Å². The van der Waals surface area contributed by atoms with Crippen LogP contribution in [0.2, 0.25) is 0 Å². The first kappa shape index (κ1) is 62.5. The number of hydrogen-bond donors (Lipinski definition) is 0. The molecule has 0 N–H and O–H groups in total. The molecule has 0 spiro atoms. The standard InChI is InChI=1S/C75H95NO6P2/c1-26-45-31-29-30-34-61(45)76-67(77)56-35-46-32-27-28-33-47(46)36-62(56)78-83(76)79-63-52(37-48(68(2,3)4)41-57(63)72(14,15)16)53-38-49(69(5,6)7)42-58(73(17,18)19)64(53)80-84-81-65-54(39-50(70(8,9)10)43-59(65)74(20,21)22)55-40-51(71(11,12)13)44-60(66(55)82-84)75(23,24)25/h27-44H,26H2,1-25H3. The van der Waals surface area contributed by atoms with Crippen LogP contribution in [0.25, 0.3) is 43.8 Å². The molecule has 0 radical (unpaired) electrons. The van der Waals surface area contributed by atoms with Crippen molar-refractivity contribution in [2.45, 2.75) is 223 Å². The molecule has 7 aromatic carbocycles. The van der Waals surface area contributed by atoms with Crippen molar-refractivity contribution < 1.29 is 26.8 Å². The third-order valence-electron chi connectivity index (χ3n) is 16.5. The average Bonchev–Trinajstić information content (AvgIpc) is 1.30. The van der Waals surface area contributed by atoms with E-state index in [-0.39, 0.29) is 38.4 Å². The second kappa shape index (κ2) is 21.4. The Balaban J connectivity index is 1.44. The van der Waals surface area contributed by atoms with Gasteiger partial charge in [0.15, 0.2) is 0 Å².